The highest BCUT2D eigenvalue weighted by Crippen LogP contribution is 2.09. The van der Waals surface area contributed by atoms with E-state index in [0.29, 0.717) is 37.1 Å². The summed E-state index contributed by atoms with van der Waals surface area (Å²) in [6, 6.07) is 7.25. The summed E-state index contributed by atoms with van der Waals surface area (Å²) < 4.78 is 10.5. The molecule has 1 aromatic heterocycles. The van der Waals surface area contributed by atoms with E-state index in [1.807, 2.05) is 32.9 Å². The van der Waals surface area contributed by atoms with Gasteiger partial charge in [-0.1, -0.05) is 12.1 Å². The van der Waals surface area contributed by atoms with Gasteiger partial charge in [0, 0.05) is 6.54 Å². The van der Waals surface area contributed by atoms with Crippen molar-refractivity contribution in [3.63, 3.8) is 0 Å². The monoisotopic (exact) mass is 358 g/mol. The van der Waals surface area contributed by atoms with Crippen LogP contribution in [0.3, 0.4) is 0 Å². The third kappa shape index (κ3) is 5.61. The molecule has 0 aliphatic carbocycles. The zero-order valence-electron chi connectivity index (χ0n) is 15.8. The van der Waals surface area contributed by atoms with Crippen LogP contribution in [0.25, 0.3) is 0 Å². The number of nitrogens with zero attached hydrogens (tertiary/aromatic N) is 2. The quantitative estimate of drug-likeness (QED) is 0.449. The van der Waals surface area contributed by atoms with Crippen molar-refractivity contribution in [2.75, 3.05) is 13.2 Å². The average Bonchev–Trinajstić information content (AvgIpc) is 2.96. The predicted molar refractivity (Wildman–Crippen MR) is 100 cm³/mol. The van der Waals surface area contributed by atoms with Crippen molar-refractivity contribution >= 4 is 11.9 Å². The molecular formula is C19H26N4O3. The standard InChI is InChI=1S/C19H26N4O3/c1-5-20-19(22-12-17-23-13(3)14(4)26-17)21-11-15-7-9-16(10-8-15)18(24)25-6-2/h7-10H,5-6,11-12H2,1-4H3,(H2,20,21,22). The molecule has 0 saturated heterocycles. The van der Waals surface area contributed by atoms with Gasteiger partial charge in [0.15, 0.2) is 5.96 Å². The molecule has 2 rings (SSSR count). The van der Waals surface area contributed by atoms with Crippen LogP contribution in [0.2, 0.25) is 0 Å². The Bertz CT molecular complexity index is 731. The lowest BCUT2D eigenvalue weighted by Crippen LogP contribution is -2.36. The molecule has 0 atom stereocenters. The number of oxazole rings is 1. The van der Waals surface area contributed by atoms with Crippen LogP contribution in [-0.2, 0) is 17.8 Å². The summed E-state index contributed by atoms with van der Waals surface area (Å²) >= 11 is 0. The average molecular weight is 358 g/mol. The number of aromatic nitrogens is 1. The van der Waals surface area contributed by atoms with Crippen LogP contribution in [0.1, 0.15) is 47.1 Å². The van der Waals surface area contributed by atoms with E-state index < -0.39 is 0 Å². The molecule has 1 aromatic carbocycles. The fraction of sp³-hybridized carbons (Fsp3) is 0.421. The smallest absolute Gasteiger partial charge is 0.338 e. The lowest BCUT2D eigenvalue weighted by atomic mass is 10.1. The summed E-state index contributed by atoms with van der Waals surface area (Å²) in [4.78, 5) is 20.6. The molecule has 0 fully saturated rings. The Kier molecular flexibility index (Phi) is 7.20. The summed E-state index contributed by atoms with van der Waals surface area (Å²) in [5.74, 6) is 1.82. The number of rotatable bonds is 7. The van der Waals surface area contributed by atoms with Gasteiger partial charge in [0.1, 0.15) is 5.76 Å². The Morgan fingerprint density at radius 2 is 1.92 bits per heavy atom. The van der Waals surface area contributed by atoms with Crippen LogP contribution in [0.4, 0.5) is 0 Å². The van der Waals surface area contributed by atoms with Crippen molar-refractivity contribution < 1.29 is 13.9 Å². The van der Waals surface area contributed by atoms with Crippen LogP contribution in [0.5, 0.6) is 0 Å². The van der Waals surface area contributed by atoms with Crippen molar-refractivity contribution in [2.24, 2.45) is 4.99 Å². The maximum absolute atomic E-state index is 11.7. The highest BCUT2D eigenvalue weighted by molar-refractivity contribution is 5.89. The molecule has 1 heterocycles. The summed E-state index contributed by atoms with van der Waals surface area (Å²) in [5, 5.41) is 6.39. The first kappa shape index (κ1) is 19.5. The van der Waals surface area contributed by atoms with Crippen LogP contribution in [-0.4, -0.2) is 30.1 Å². The minimum absolute atomic E-state index is 0.311. The molecule has 0 bridgehead atoms. The van der Waals surface area contributed by atoms with Gasteiger partial charge in [-0.2, -0.15) is 0 Å². The number of nitrogens with one attached hydrogen (secondary N) is 2. The number of esters is 1. The van der Waals surface area contributed by atoms with Crippen LogP contribution < -0.4 is 10.6 Å². The van der Waals surface area contributed by atoms with Gasteiger partial charge in [-0.05, 0) is 45.4 Å². The van der Waals surface area contributed by atoms with Crippen molar-refractivity contribution in [3.8, 4) is 0 Å². The molecule has 2 N–H and O–H groups in total. The Morgan fingerprint density at radius 3 is 2.50 bits per heavy atom. The minimum atomic E-state index is -0.311. The number of guanidine groups is 1. The van der Waals surface area contributed by atoms with Crippen LogP contribution in [0, 0.1) is 13.8 Å². The Balaban J connectivity index is 1.96. The summed E-state index contributed by atoms with van der Waals surface area (Å²) in [5.41, 5.74) is 2.43. The zero-order valence-corrected chi connectivity index (χ0v) is 15.8. The van der Waals surface area contributed by atoms with Crippen molar-refractivity contribution in [3.05, 3.63) is 52.7 Å². The molecule has 0 unspecified atom stereocenters. The Labute approximate surface area is 153 Å². The number of hydrogen-bond donors (Lipinski definition) is 2. The SMILES string of the molecule is CCNC(=NCc1ccc(C(=O)OCC)cc1)NCc1nc(C)c(C)o1. The lowest BCUT2D eigenvalue weighted by Gasteiger charge is -2.10. The number of carbonyl (C=O) groups excluding carboxylic acids is 1. The van der Waals surface area contributed by atoms with E-state index in [9.17, 15) is 4.79 Å². The van der Waals surface area contributed by atoms with E-state index in [4.69, 9.17) is 9.15 Å². The second kappa shape index (κ2) is 9.60. The van der Waals surface area contributed by atoms with E-state index in [0.717, 1.165) is 23.6 Å². The third-order valence-corrected chi connectivity index (χ3v) is 3.71. The highest BCUT2D eigenvalue weighted by Gasteiger charge is 2.07. The van der Waals surface area contributed by atoms with Gasteiger partial charge in [0.05, 0.1) is 31.0 Å². The van der Waals surface area contributed by atoms with Gasteiger partial charge in [0.25, 0.3) is 0 Å². The van der Waals surface area contributed by atoms with Gasteiger partial charge in [-0.15, -0.1) is 0 Å². The van der Waals surface area contributed by atoms with Gasteiger partial charge < -0.3 is 19.8 Å². The number of carbonyl (C=O) groups is 1. The zero-order chi connectivity index (χ0) is 18.9. The number of aliphatic imine (C=N–C) groups is 1. The molecule has 140 valence electrons. The summed E-state index contributed by atoms with van der Waals surface area (Å²) in [6.07, 6.45) is 0. The molecule has 0 amide bonds. The molecule has 2 aromatic rings. The number of hydrogen-bond acceptors (Lipinski definition) is 5. The second-order valence-corrected chi connectivity index (χ2v) is 5.72. The molecule has 0 saturated carbocycles. The maximum Gasteiger partial charge on any atom is 0.338 e. The fourth-order valence-electron chi connectivity index (χ4n) is 2.25. The molecular weight excluding hydrogens is 332 g/mol. The molecule has 0 radical (unpaired) electrons. The van der Waals surface area contributed by atoms with Gasteiger partial charge in [-0.3, -0.25) is 0 Å². The van der Waals surface area contributed by atoms with Crippen molar-refractivity contribution in [1.29, 1.82) is 0 Å². The van der Waals surface area contributed by atoms with Crippen LogP contribution in [0.15, 0.2) is 33.7 Å². The summed E-state index contributed by atoms with van der Waals surface area (Å²) in [7, 11) is 0. The first-order valence-electron chi connectivity index (χ1n) is 8.74. The summed E-state index contributed by atoms with van der Waals surface area (Å²) in [6.45, 7) is 9.67. The largest absolute Gasteiger partial charge is 0.462 e. The minimum Gasteiger partial charge on any atom is -0.462 e. The van der Waals surface area contributed by atoms with E-state index in [1.54, 1.807) is 19.1 Å². The number of benzene rings is 1. The number of ether oxygens (including phenoxy) is 1. The molecule has 26 heavy (non-hydrogen) atoms. The van der Waals surface area contributed by atoms with E-state index in [2.05, 4.69) is 20.6 Å². The van der Waals surface area contributed by atoms with Gasteiger partial charge >= 0.3 is 5.97 Å². The first-order valence-corrected chi connectivity index (χ1v) is 8.74. The van der Waals surface area contributed by atoms with E-state index in [1.165, 1.54) is 0 Å². The molecule has 0 aliphatic heterocycles. The van der Waals surface area contributed by atoms with E-state index >= 15 is 0 Å². The Hall–Kier alpha value is -2.83. The van der Waals surface area contributed by atoms with Crippen LogP contribution >= 0.6 is 0 Å². The molecule has 0 spiro atoms. The van der Waals surface area contributed by atoms with Crippen molar-refractivity contribution in [1.82, 2.24) is 15.6 Å². The molecule has 0 aliphatic rings. The Morgan fingerprint density at radius 1 is 1.19 bits per heavy atom. The third-order valence-electron chi connectivity index (χ3n) is 3.71. The first-order chi connectivity index (χ1) is 12.5. The maximum atomic E-state index is 11.7. The number of aryl methyl sites for hydroxylation is 2. The normalized spacial score (nSPS) is 11.3. The highest BCUT2D eigenvalue weighted by atomic mass is 16.5. The van der Waals surface area contributed by atoms with Gasteiger partial charge in [-0.25, -0.2) is 14.8 Å². The second-order valence-electron chi connectivity index (χ2n) is 5.72. The van der Waals surface area contributed by atoms with E-state index in [-0.39, 0.29) is 5.97 Å². The van der Waals surface area contributed by atoms with Gasteiger partial charge in [0.2, 0.25) is 5.89 Å². The fourth-order valence-corrected chi connectivity index (χ4v) is 2.25. The lowest BCUT2D eigenvalue weighted by molar-refractivity contribution is 0.0526. The predicted octanol–water partition coefficient (Wildman–Crippen LogP) is 2.72. The molecule has 7 nitrogen and oxygen atoms in total. The topological polar surface area (TPSA) is 88.8 Å². The van der Waals surface area contributed by atoms with Crippen molar-refractivity contribution in [2.45, 2.75) is 40.8 Å². The molecule has 7 heteroatoms.